The Kier molecular flexibility index (Phi) is 4.18. The summed E-state index contributed by atoms with van der Waals surface area (Å²) in [5.74, 6) is 1.11. The van der Waals surface area contributed by atoms with Crippen LogP contribution in [-0.2, 0) is 0 Å². The lowest BCUT2D eigenvalue weighted by Crippen LogP contribution is -2.35. The third kappa shape index (κ3) is 2.88. The summed E-state index contributed by atoms with van der Waals surface area (Å²) in [4.78, 5) is 16.6. The number of nitrogens with two attached hydrogens (primary N) is 1. The molecule has 2 atom stereocenters. The molecule has 0 bridgehead atoms. The number of anilines is 1. The van der Waals surface area contributed by atoms with Crippen LogP contribution in [0.5, 0.6) is 5.75 Å². The Labute approximate surface area is 120 Å². The Morgan fingerprint density at radius 3 is 2.60 bits per heavy atom. The molecule has 0 radical (unpaired) electrons. The molecule has 0 spiro atoms. The van der Waals surface area contributed by atoms with Crippen molar-refractivity contribution in [3.8, 4) is 5.75 Å². The maximum Gasteiger partial charge on any atom is 0.254 e. The lowest BCUT2D eigenvalue weighted by molar-refractivity contribution is 0.0781. The van der Waals surface area contributed by atoms with Gasteiger partial charge in [0, 0.05) is 36.4 Å². The fourth-order valence-corrected chi connectivity index (χ4v) is 2.83. The van der Waals surface area contributed by atoms with Gasteiger partial charge in [0.2, 0.25) is 0 Å². The SMILES string of the molecule is COc1cc(N)cc(C(=O)N2CC(C)C(N(C)C)C2)c1. The number of nitrogens with zero attached hydrogens (tertiary/aromatic N) is 2. The highest BCUT2D eigenvalue weighted by Gasteiger charge is 2.34. The molecular weight excluding hydrogens is 254 g/mol. The van der Waals surface area contributed by atoms with Gasteiger partial charge in [-0.3, -0.25) is 4.79 Å². The predicted molar refractivity (Wildman–Crippen MR) is 79.9 cm³/mol. The predicted octanol–water partition coefficient (Wildman–Crippen LogP) is 1.30. The van der Waals surface area contributed by atoms with E-state index in [1.54, 1.807) is 25.3 Å². The number of likely N-dealkylation sites (N-methyl/N-ethyl adjacent to an activating group) is 1. The van der Waals surface area contributed by atoms with Gasteiger partial charge in [0.25, 0.3) is 5.91 Å². The normalized spacial score (nSPS) is 22.4. The molecule has 5 heteroatoms. The molecule has 5 nitrogen and oxygen atoms in total. The summed E-state index contributed by atoms with van der Waals surface area (Å²) in [5, 5.41) is 0. The van der Waals surface area contributed by atoms with E-state index in [2.05, 4.69) is 25.9 Å². The Hall–Kier alpha value is -1.75. The van der Waals surface area contributed by atoms with E-state index in [1.165, 1.54) is 0 Å². The second-order valence-electron chi connectivity index (χ2n) is 5.71. The van der Waals surface area contributed by atoms with E-state index in [-0.39, 0.29) is 5.91 Å². The topological polar surface area (TPSA) is 58.8 Å². The first-order chi connectivity index (χ1) is 9.42. The van der Waals surface area contributed by atoms with E-state index >= 15 is 0 Å². The van der Waals surface area contributed by atoms with Crippen LogP contribution >= 0.6 is 0 Å². The van der Waals surface area contributed by atoms with Gasteiger partial charge in [-0.05, 0) is 32.1 Å². The first-order valence-corrected chi connectivity index (χ1v) is 6.82. The van der Waals surface area contributed by atoms with Gasteiger partial charge in [-0.25, -0.2) is 0 Å². The number of ether oxygens (including phenoxy) is 1. The van der Waals surface area contributed by atoms with E-state index in [0.717, 1.165) is 13.1 Å². The summed E-state index contributed by atoms with van der Waals surface area (Å²) in [5.41, 5.74) is 6.95. The molecule has 1 saturated heterocycles. The number of hydrogen-bond acceptors (Lipinski definition) is 4. The number of carbonyl (C=O) groups excluding carboxylic acids is 1. The summed E-state index contributed by atoms with van der Waals surface area (Å²) in [6, 6.07) is 5.57. The van der Waals surface area contributed by atoms with Crippen molar-refractivity contribution in [3.63, 3.8) is 0 Å². The smallest absolute Gasteiger partial charge is 0.254 e. The molecule has 1 aliphatic rings. The fraction of sp³-hybridized carbons (Fsp3) is 0.533. The number of nitrogen functional groups attached to an aromatic ring is 1. The summed E-state index contributed by atoms with van der Waals surface area (Å²) in [7, 11) is 5.68. The minimum absolute atomic E-state index is 0.0202. The maximum absolute atomic E-state index is 12.6. The second-order valence-corrected chi connectivity index (χ2v) is 5.71. The van der Waals surface area contributed by atoms with E-state index in [1.807, 2.05) is 4.90 Å². The van der Waals surface area contributed by atoms with Gasteiger partial charge in [0.05, 0.1) is 7.11 Å². The van der Waals surface area contributed by atoms with Gasteiger partial charge >= 0.3 is 0 Å². The largest absolute Gasteiger partial charge is 0.497 e. The molecular formula is C15H23N3O2. The van der Waals surface area contributed by atoms with Gasteiger partial charge < -0.3 is 20.3 Å². The Balaban J connectivity index is 2.18. The zero-order chi connectivity index (χ0) is 14.9. The molecule has 2 N–H and O–H groups in total. The van der Waals surface area contributed by atoms with Crippen LogP contribution in [0.1, 0.15) is 17.3 Å². The van der Waals surface area contributed by atoms with Crippen molar-refractivity contribution >= 4 is 11.6 Å². The molecule has 1 amide bonds. The van der Waals surface area contributed by atoms with Crippen molar-refractivity contribution in [1.82, 2.24) is 9.80 Å². The van der Waals surface area contributed by atoms with Crippen molar-refractivity contribution in [2.75, 3.05) is 40.0 Å². The van der Waals surface area contributed by atoms with Crippen LogP contribution in [0.2, 0.25) is 0 Å². The fourth-order valence-electron chi connectivity index (χ4n) is 2.83. The standard InChI is InChI=1S/C15H23N3O2/c1-10-8-18(9-14(10)17(2)3)15(19)11-5-12(16)7-13(6-11)20-4/h5-7,10,14H,8-9,16H2,1-4H3. The summed E-state index contributed by atoms with van der Waals surface area (Å²) >= 11 is 0. The van der Waals surface area contributed by atoms with Crippen molar-refractivity contribution in [1.29, 1.82) is 0 Å². The number of likely N-dealkylation sites (tertiary alicyclic amines) is 1. The van der Waals surface area contributed by atoms with Crippen LogP contribution in [0.4, 0.5) is 5.69 Å². The van der Waals surface area contributed by atoms with E-state index in [0.29, 0.717) is 29.0 Å². The Morgan fingerprint density at radius 1 is 1.35 bits per heavy atom. The quantitative estimate of drug-likeness (QED) is 0.846. The Bertz CT molecular complexity index is 502. The monoisotopic (exact) mass is 277 g/mol. The highest BCUT2D eigenvalue weighted by atomic mass is 16.5. The minimum Gasteiger partial charge on any atom is -0.497 e. The van der Waals surface area contributed by atoms with Gasteiger partial charge in [0.1, 0.15) is 5.75 Å². The molecule has 0 saturated carbocycles. The van der Waals surface area contributed by atoms with Crippen molar-refractivity contribution in [2.24, 2.45) is 5.92 Å². The molecule has 1 fully saturated rings. The molecule has 2 unspecified atom stereocenters. The molecule has 1 heterocycles. The number of rotatable bonds is 3. The highest BCUT2D eigenvalue weighted by Crippen LogP contribution is 2.24. The van der Waals surface area contributed by atoms with E-state index in [9.17, 15) is 4.79 Å². The van der Waals surface area contributed by atoms with Crippen molar-refractivity contribution < 1.29 is 9.53 Å². The third-order valence-corrected chi connectivity index (χ3v) is 3.93. The highest BCUT2D eigenvalue weighted by molar-refractivity contribution is 5.95. The van der Waals surface area contributed by atoms with Crippen LogP contribution in [-0.4, -0.2) is 56.0 Å². The molecule has 1 aromatic carbocycles. The molecule has 0 aromatic heterocycles. The number of methoxy groups -OCH3 is 1. The van der Waals surface area contributed by atoms with Crippen LogP contribution < -0.4 is 10.5 Å². The van der Waals surface area contributed by atoms with Crippen LogP contribution in [0.15, 0.2) is 18.2 Å². The summed E-state index contributed by atoms with van der Waals surface area (Å²) in [6.07, 6.45) is 0. The van der Waals surface area contributed by atoms with Crippen molar-refractivity contribution in [3.05, 3.63) is 23.8 Å². The first-order valence-electron chi connectivity index (χ1n) is 6.82. The molecule has 0 aliphatic carbocycles. The Morgan fingerprint density at radius 2 is 2.05 bits per heavy atom. The van der Waals surface area contributed by atoms with Crippen LogP contribution in [0, 0.1) is 5.92 Å². The third-order valence-electron chi connectivity index (χ3n) is 3.93. The van der Waals surface area contributed by atoms with Gasteiger partial charge in [-0.2, -0.15) is 0 Å². The van der Waals surface area contributed by atoms with E-state index in [4.69, 9.17) is 10.5 Å². The number of carbonyl (C=O) groups is 1. The summed E-state index contributed by atoms with van der Waals surface area (Å²) in [6.45, 7) is 3.71. The first kappa shape index (κ1) is 14.7. The van der Waals surface area contributed by atoms with Crippen LogP contribution in [0.25, 0.3) is 0 Å². The molecule has 2 rings (SSSR count). The lowest BCUT2D eigenvalue weighted by Gasteiger charge is -2.22. The average molecular weight is 277 g/mol. The number of amides is 1. The van der Waals surface area contributed by atoms with Gasteiger partial charge in [0.15, 0.2) is 0 Å². The van der Waals surface area contributed by atoms with Gasteiger partial charge in [-0.1, -0.05) is 6.92 Å². The second kappa shape index (κ2) is 5.71. The number of hydrogen-bond donors (Lipinski definition) is 1. The van der Waals surface area contributed by atoms with Gasteiger partial charge in [-0.15, -0.1) is 0 Å². The van der Waals surface area contributed by atoms with E-state index < -0.39 is 0 Å². The van der Waals surface area contributed by atoms with Crippen LogP contribution in [0.3, 0.4) is 0 Å². The number of benzene rings is 1. The summed E-state index contributed by atoms with van der Waals surface area (Å²) < 4.78 is 5.17. The zero-order valence-electron chi connectivity index (χ0n) is 12.6. The molecule has 20 heavy (non-hydrogen) atoms. The van der Waals surface area contributed by atoms with Crippen molar-refractivity contribution in [2.45, 2.75) is 13.0 Å². The molecule has 110 valence electrons. The average Bonchev–Trinajstić information content (AvgIpc) is 2.79. The lowest BCUT2D eigenvalue weighted by atomic mass is 10.1. The zero-order valence-corrected chi connectivity index (χ0v) is 12.6. The maximum atomic E-state index is 12.6. The minimum atomic E-state index is 0.0202. The molecule has 1 aromatic rings. The molecule has 1 aliphatic heterocycles.